The van der Waals surface area contributed by atoms with Crippen LogP contribution in [0.25, 0.3) is 0 Å². The highest BCUT2D eigenvalue weighted by Crippen LogP contribution is 2.40. The molecule has 5 rings (SSSR count). The molecule has 3 fully saturated rings. The standard InChI is InChI=1S/C25H28ClN3O4/c26-21-15-19(5-8-22(21)32-14-13-28-12-10-27-24(30)16-28)29-11-9-23(25(29)31)33-20-6-3-18(4-7-20)17-1-2-17/h3-8,15,17,23H,1-2,9-14,16H2,(H,27,30)/t23-/m0/s1. The van der Waals surface area contributed by atoms with Crippen LogP contribution in [0, 0.1) is 0 Å². The quantitative estimate of drug-likeness (QED) is 0.642. The molecule has 1 saturated carbocycles. The average Bonchev–Trinajstić information content (AvgIpc) is 3.60. The molecule has 8 heteroatoms. The predicted molar refractivity (Wildman–Crippen MR) is 126 cm³/mol. The molecule has 33 heavy (non-hydrogen) atoms. The lowest BCUT2D eigenvalue weighted by molar-refractivity contribution is -0.124. The van der Waals surface area contributed by atoms with Crippen LogP contribution in [0.3, 0.4) is 0 Å². The predicted octanol–water partition coefficient (Wildman–Crippen LogP) is 3.21. The zero-order chi connectivity index (χ0) is 22.8. The Hall–Kier alpha value is -2.77. The van der Waals surface area contributed by atoms with Crippen molar-refractivity contribution >= 4 is 29.1 Å². The minimum Gasteiger partial charge on any atom is -0.491 e. The van der Waals surface area contributed by atoms with E-state index in [-0.39, 0.29) is 11.8 Å². The molecule has 2 aromatic rings. The molecule has 1 atom stereocenters. The van der Waals surface area contributed by atoms with E-state index in [4.69, 9.17) is 21.1 Å². The lowest BCUT2D eigenvalue weighted by atomic mass is 10.1. The van der Waals surface area contributed by atoms with Gasteiger partial charge in [-0.15, -0.1) is 0 Å². The summed E-state index contributed by atoms with van der Waals surface area (Å²) >= 11 is 6.44. The Morgan fingerprint density at radius 2 is 1.85 bits per heavy atom. The van der Waals surface area contributed by atoms with Crippen LogP contribution >= 0.6 is 11.6 Å². The molecule has 2 saturated heterocycles. The number of carbonyl (C=O) groups excluding carboxylic acids is 2. The molecule has 1 N–H and O–H groups in total. The van der Waals surface area contributed by atoms with Crippen molar-refractivity contribution in [1.82, 2.24) is 10.2 Å². The van der Waals surface area contributed by atoms with Gasteiger partial charge < -0.3 is 19.7 Å². The van der Waals surface area contributed by atoms with Crippen molar-refractivity contribution in [3.63, 3.8) is 0 Å². The van der Waals surface area contributed by atoms with Crippen molar-refractivity contribution < 1.29 is 19.1 Å². The van der Waals surface area contributed by atoms with Crippen LogP contribution in [-0.4, -0.2) is 62.1 Å². The van der Waals surface area contributed by atoms with E-state index in [2.05, 4.69) is 17.4 Å². The normalized spacial score (nSPS) is 21.2. The number of carbonyl (C=O) groups is 2. The monoisotopic (exact) mass is 469 g/mol. The van der Waals surface area contributed by atoms with Crippen LogP contribution in [0.4, 0.5) is 5.69 Å². The average molecular weight is 470 g/mol. The minimum absolute atomic E-state index is 0.0384. The Bertz CT molecular complexity index is 1020. The van der Waals surface area contributed by atoms with Crippen molar-refractivity contribution in [1.29, 1.82) is 0 Å². The second-order valence-corrected chi connectivity index (χ2v) is 9.22. The van der Waals surface area contributed by atoms with Gasteiger partial charge in [0.15, 0.2) is 6.10 Å². The molecular formula is C25H28ClN3O4. The summed E-state index contributed by atoms with van der Waals surface area (Å²) in [7, 11) is 0. The molecule has 0 spiro atoms. The van der Waals surface area contributed by atoms with Crippen LogP contribution in [-0.2, 0) is 9.59 Å². The number of nitrogens with one attached hydrogen (secondary N) is 1. The Morgan fingerprint density at radius 1 is 1.03 bits per heavy atom. The zero-order valence-electron chi connectivity index (χ0n) is 18.5. The number of anilines is 1. The number of piperazine rings is 1. The summed E-state index contributed by atoms with van der Waals surface area (Å²) in [5, 5.41) is 3.26. The summed E-state index contributed by atoms with van der Waals surface area (Å²) in [4.78, 5) is 28.2. The van der Waals surface area contributed by atoms with Gasteiger partial charge in [-0.3, -0.25) is 14.5 Å². The second-order valence-electron chi connectivity index (χ2n) is 8.82. The number of rotatable bonds is 8. The van der Waals surface area contributed by atoms with E-state index in [1.54, 1.807) is 17.0 Å². The molecule has 7 nitrogen and oxygen atoms in total. The van der Waals surface area contributed by atoms with E-state index in [1.165, 1.54) is 18.4 Å². The minimum atomic E-state index is -0.492. The summed E-state index contributed by atoms with van der Waals surface area (Å²) in [5.41, 5.74) is 2.08. The maximum atomic E-state index is 13.0. The summed E-state index contributed by atoms with van der Waals surface area (Å²) < 4.78 is 11.8. The number of benzene rings is 2. The number of nitrogens with zero attached hydrogens (tertiary/aromatic N) is 2. The fraction of sp³-hybridized carbons (Fsp3) is 0.440. The van der Waals surface area contributed by atoms with Gasteiger partial charge >= 0.3 is 0 Å². The summed E-state index contributed by atoms with van der Waals surface area (Å²) in [6.45, 7) is 3.53. The van der Waals surface area contributed by atoms with Crippen molar-refractivity contribution in [2.24, 2.45) is 0 Å². The number of amides is 2. The van der Waals surface area contributed by atoms with Gasteiger partial charge in [0.1, 0.15) is 18.1 Å². The SMILES string of the molecule is O=C1CN(CCOc2ccc(N3CC[C@H](Oc4ccc(C5CC5)cc4)C3=O)cc2Cl)CCN1. The molecule has 2 aliphatic heterocycles. The lowest BCUT2D eigenvalue weighted by Gasteiger charge is -2.26. The van der Waals surface area contributed by atoms with E-state index in [0.717, 1.165) is 18.0 Å². The fourth-order valence-electron chi connectivity index (χ4n) is 4.36. The van der Waals surface area contributed by atoms with E-state index >= 15 is 0 Å². The summed E-state index contributed by atoms with van der Waals surface area (Å²) in [6.07, 6.45) is 2.66. The Balaban J connectivity index is 1.15. The van der Waals surface area contributed by atoms with Gasteiger partial charge in [-0.25, -0.2) is 0 Å². The fourth-order valence-corrected chi connectivity index (χ4v) is 4.59. The highest BCUT2D eigenvalue weighted by Gasteiger charge is 2.34. The van der Waals surface area contributed by atoms with E-state index < -0.39 is 6.10 Å². The molecule has 174 valence electrons. The molecule has 2 aromatic carbocycles. The second kappa shape index (κ2) is 9.61. The summed E-state index contributed by atoms with van der Waals surface area (Å²) in [6, 6.07) is 13.5. The van der Waals surface area contributed by atoms with Gasteiger partial charge in [0, 0.05) is 38.3 Å². The highest BCUT2D eigenvalue weighted by atomic mass is 35.5. The van der Waals surface area contributed by atoms with Crippen molar-refractivity contribution in [2.45, 2.75) is 31.3 Å². The maximum absolute atomic E-state index is 13.0. The van der Waals surface area contributed by atoms with Gasteiger partial charge in [-0.2, -0.15) is 0 Å². The molecule has 0 unspecified atom stereocenters. The first-order chi connectivity index (χ1) is 16.1. The maximum Gasteiger partial charge on any atom is 0.268 e. The summed E-state index contributed by atoms with van der Waals surface area (Å²) in [5.74, 6) is 1.97. The molecular weight excluding hydrogens is 442 g/mol. The Kier molecular flexibility index (Phi) is 6.42. The van der Waals surface area contributed by atoms with Crippen LogP contribution < -0.4 is 19.7 Å². The topological polar surface area (TPSA) is 71.1 Å². The van der Waals surface area contributed by atoms with Gasteiger partial charge in [-0.1, -0.05) is 23.7 Å². The molecule has 0 radical (unpaired) electrons. The Labute approximate surface area is 198 Å². The first-order valence-electron chi connectivity index (χ1n) is 11.6. The van der Waals surface area contributed by atoms with E-state index in [1.807, 2.05) is 23.1 Å². The number of hydrogen-bond acceptors (Lipinski definition) is 5. The molecule has 0 bridgehead atoms. The number of hydrogen-bond donors (Lipinski definition) is 1. The van der Waals surface area contributed by atoms with E-state index in [9.17, 15) is 9.59 Å². The van der Waals surface area contributed by atoms with E-state index in [0.29, 0.717) is 55.9 Å². The van der Waals surface area contributed by atoms with Crippen molar-refractivity contribution in [2.75, 3.05) is 44.2 Å². The van der Waals surface area contributed by atoms with Crippen LogP contribution in [0.5, 0.6) is 11.5 Å². The molecule has 0 aromatic heterocycles. The zero-order valence-corrected chi connectivity index (χ0v) is 19.2. The first-order valence-corrected chi connectivity index (χ1v) is 11.9. The van der Waals surface area contributed by atoms with Crippen LogP contribution in [0.15, 0.2) is 42.5 Å². The van der Waals surface area contributed by atoms with Gasteiger partial charge in [0.2, 0.25) is 5.91 Å². The first kappa shape index (κ1) is 22.0. The third-order valence-electron chi connectivity index (χ3n) is 6.37. The van der Waals surface area contributed by atoms with Crippen molar-refractivity contribution in [3.8, 4) is 11.5 Å². The number of ether oxygens (including phenoxy) is 2. The largest absolute Gasteiger partial charge is 0.491 e. The third kappa shape index (κ3) is 5.25. The molecule has 3 aliphatic rings. The molecule has 2 amide bonds. The van der Waals surface area contributed by atoms with Crippen LogP contribution in [0.2, 0.25) is 5.02 Å². The lowest BCUT2D eigenvalue weighted by Crippen LogP contribution is -2.48. The van der Waals surface area contributed by atoms with Gasteiger partial charge in [-0.05, 0) is 54.7 Å². The van der Waals surface area contributed by atoms with Gasteiger partial charge in [0.25, 0.3) is 5.91 Å². The van der Waals surface area contributed by atoms with Crippen molar-refractivity contribution in [3.05, 3.63) is 53.1 Å². The van der Waals surface area contributed by atoms with Gasteiger partial charge in [0.05, 0.1) is 11.6 Å². The Morgan fingerprint density at radius 3 is 2.58 bits per heavy atom. The molecule has 2 heterocycles. The molecule has 1 aliphatic carbocycles. The highest BCUT2D eigenvalue weighted by molar-refractivity contribution is 6.32. The number of halogens is 1. The third-order valence-corrected chi connectivity index (χ3v) is 6.67. The van der Waals surface area contributed by atoms with Crippen LogP contribution in [0.1, 0.15) is 30.7 Å². The smallest absolute Gasteiger partial charge is 0.268 e.